The van der Waals surface area contributed by atoms with Crippen molar-refractivity contribution in [3.05, 3.63) is 35.1 Å². The maximum Gasteiger partial charge on any atom is 0.253 e. The Morgan fingerprint density at radius 1 is 1.53 bits per heavy atom. The van der Waals surface area contributed by atoms with E-state index in [0.717, 1.165) is 0 Å². The zero-order chi connectivity index (χ0) is 14.6. The van der Waals surface area contributed by atoms with Gasteiger partial charge in [0.05, 0.1) is 0 Å². The second kappa shape index (κ2) is 6.17. The quantitative estimate of drug-likeness (QED) is 0.376. The molecule has 0 bridgehead atoms. The van der Waals surface area contributed by atoms with Crippen molar-refractivity contribution in [2.75, 3.05) is 13.6 Å². The average Bonchev–Trinajstić information content (AvgIpc) is 2.35. The number of benzene rings is 1. The molecule has 0 saturated heterocycles. The minimum absolute atomic E-state index is 0.0510. The molecule has 0 fully saturated rings. The molecule has 0 aliphatic carbocycles. The smallest absolute Gasteiger partial charge is 0.253 e. The molecule has 0 aromatic heterocycles. The van der Waals surface area contributed by atoms with Crippen molar-refractivity contribution in [2.24, 2.45) is 16.8 Å². The molecule has 0 spiro atoms. The first-order valence-electron chi connectivity index (χ1n) is 5.85. The van der Waals surface area contributed by atoms with Crippen LogP contribution in [0, 0.1) is 18.7 Å². The highest BCUT2D eigenvalue weighted by Gasteiger charge is 2.17. The summed E-state index contributed by atoms with van der Waals surface area (Å²) in [4.78, 5) is 13.5. The molecule has 1 rings (SSSR count). The topological polar surface area (TPSA) is 78.9 Å². The third kappa shape index (κ3) is 3.94. The Kier molecular flexibility index (Phi) is 4.86. The number of carbonyl (C=O) groups is 1. The Labute approximate surface area is 111 Å². The molecule has 19 heavy (non-hydrogen) atoms. The van der Waals surface area contributed by atoms with Crippen molar-refractivity contribution < 1.29 is 14.4 Å². The highest BCUT2D eigenvalue weighted by molar-refractivity contribution is 5.94. The van der Waals surface area contributed by atoms with Gasteiger partial charge < -0.3 is 15.8 Å². The molecule has 5 nitrogen and oxygen atoms in total. The molecule has 0 heterocycles. The van der Waals surface area contributed by atoms with Crippen LogP contribution >= 0.6 is 0 Å². The lowest BCUT2D eigenvalue weighted by molar-refractivity contribution is 0.0785. The SMILES string of the molecule is Cc1cc(F)cc(C(=O)N(C)CC(C)/C(N)=N/O)c1. The highest BCUT2D eigenvalue weighted by Crippen LogP contribution is 2.11. The van der Waals surface area contributed by atoms with Crippen LogP contribution < -0.4 is 5.73 Å². The first kappa shape index (κ1) is 14.9. The van der Waals surface area contributed by atoms with E-state index in [4.69, 9.17) is 10.9 Å². The zero-order valence-electron chi connectivity index (χ0n) is 11.2. The molecule has 1 atom stereocenters. The summed E-state index contributed by atoms with van der Waals surface area (Å²) in [5.41, 5.74) is 6.42. The van der Waals surface area contributed by atoms with Crippen LogP contribution in [0.15, 0.2) is 23.4 Å². The number of nitrogens with two attached hydrogens (primary N) is 1. The summed E-state index contributed by atoms with van der Waals surface area (Å²) < 4.78 is 13.3. The van der Waals surface area contributed by atoms with Crippen LogP contribution in [0.4, 0.5) is 4.39 Å². The molecule has 6 heteroatoms. The molecule has 1 unspecified atom stereocenters. The number of rotatable bonds is 4. The molecule has 1 aromatic rings. The van der Waals surface area contributed by atoms with Gasteiger partial charge in [-0.1, -0.05) is 12.1 Å². The lowest BCUT2D eigenvalue weighted by Gasteiger charge is -2.21. The van der Waals surface area contributed by atoms with E-state index in [0.29, 0.717) is 5.56 Å². The van der Waals surface area contributed by atoms with Crippen molar-refractivity contribution in [3.8, 4) is 0 Å². The van der Waals surface area contributed by atoms with Gasteiger partial charge in [-0.2, -0.15) is 0 Å². The predicted molar refractivity (Wildman–Crippen MR) is 70.7 cm³/mol. The molecule has 3 N–H and O–H groups in total. The first-order chi connectivity index (χ1) is 8.85. The van der Waals surface area contributed by atoms with Crippen molar-refractivity contribution in [1.82, 2.24) is 4.90 Å². The Morgan fingerprint density at radius 3 is 2.68 bits per heavy atom. The number of oxime groups is 1. The number of halogens is 1. The second-order valence-electron chi connectivity index (χ2n) is 4.63. The Balaban J connectivity index is 2.82. The standard InChI is InChI=1S/C13H18FN3O2/c1-8-4-10(6-11(14)5-8)13(18)17(3)7-9(2)12(15)16-19/h4-6,9,19H,7H2,1-3H3,(H2,15,16). The third-order valence-electron chi connectivity index (χ3n) is 2.80. The van der Waals surface area contributed by atoms with Gasteiger partial charge in [-0.3, -0.25) is 4.79 Å². The Bertz CT molecular complexity index is 482. The van der Waals surface area contributed by atoms with Crippen LogP contribution in [0.25, 0.3) is 0 Å². The van der Waals surface area contributed by atoms with Gasteiger partial charge in [0.1, 0.15) is 11.7 Å². The number of amidine groups is 1. The molecular formula is C13H18FN3O2. The van der Waals surface area contributed by atoms with Crippen molar-refractivity contribution in [1.29, 1.82) is 0 Å². The highest BCUT2D eigenvalue weighted by atomic mass is 19.1. The van der Waals surface area contributed by atoms with Gasteiger partial charge in [0.15, 0.2) is 0 Å². The van der Waals surface area contributed by atoms with Crippen LogP contribution in [0.5, 0.6) is 0 Å². The summed E-state index contributed by atoms with van der Waals surface area (Å²) in [5.74, 6) is -0.981. The molecule has 104 valence electrons. The molecule has 0 aliphatic rings. The fourth-order valence-electron chi connectivity index (χ4n) is 1.77. The minimum Gasteiger partial charge on any atom is -0.409 e. The average molecular weight is 267 g/mol. The normalized spacial score (nSPS) is 13.2. The van der Waals surface area contributed by atoms with E-state index < -0.39 is 5.82 Å². The summed E-state index contributed by atoms with van der Waals surface area (Å²) in [6.45, 7) is 3.73. The van der Waals surface area contributed by atoms with E-state index >= 15 is 0 Å². The number of carbonyl (C=O) groups excluding carboxylic acids is 1. The van der Waals surface area contributed by atoms with Crippen molar-refractivity contribution >= 4 is 11.7 Å². The molecule has 0 radical (unpaired) electrons. The van der Waals surface area contributed by atoms with Gasteiger partial charge >= 0.3 is 0 Å². The molecule has 0 aliphatic heterocycles. The summed E-state index contributed by atoms with van der Waals surface area (Å²) in [6, 6.07) is 4.17. The van der Waals surface area contributed by atoms with Gasteiger partial charge in [-0.05, 0) is 30.7 Å². The summed E-state index contributed by atoms with van der Waals surface area (Å²) in [7, 11) is 1.59. The van der Waals surface area contributed by atoms with Gasteiger partial charge in [-0.25, -0.2) is 4.39 Å². The lowest BCUT2D eigenvalue weighted by Crippen LogP contribution is -2.36. The van der Waals surface area contributed by atoms with Gasteiger partial charge in [0, 0.05) is 25.1 Å². The number of hydrogen-bond donors (Lipinski definition) is 2. The predicted octanol–water partition coefficient (Wildman–Crippen LogP) is 1.59. The Morgan fingerprint density at radius 2 is 2.16 bits per heavy atom. The molecule has 0 saturated carbocycles. The monoisotopic (exact) mass is 267 g/mol. The van der Waals surface area contributed by atoms with Crippen molar-refractivity contribution in [2.45, 2.75) is 13.8 Å². The van der Waals surface area contributed by atoms with Gasteiger partial charge in [0.2, 0.25) is 0 Å². The van der Waals surface area contributed by atoms with E-state index in [9.17, 15) is 9.18 Å². The van der Waals surface area contributed by atoms with Gasteiger partial charge in [0.25, 0.3) is 5.91 Å². The molecular weight excluding hydrogens is 249 g/mol. The van der Waals surface area contributed by atoms with E-state index in [2.05, 4.69) is 5.16 Å². The molecule has 1 aromatic carbocycles. The van der Waals surface area contributed by atoms with E-state index in [1.165, 1.54) is 17.0 Å². The zero-order valence-corrected chi connectivity index (χ0v) is 11.2. The summed E-state index contributed by atoms with van der Waals surface area (Å²) in [5, 5.41) is 11.5. The number of nitrogens with zero attached hydrogens (tertiary/aromatic N) is 2. The Hall–Kier alpha value is -2.11. The van der Waals surface area contributed by atoms with Crippen LogP contribution in [0.3, 0.4) is 0 Å². The largest absolute Gasteiger partial charge is 0.409 e. The van der Waals surface area contributed by atoms with Crippen LogP contribution in [-0.4, -0.2) is 35.4 Å². The van der Waals surface area contributed by atoms with Crippen LogP contribution in [0.2, 0.25) is 0 Å². The fourth-order valence-corrected chi connectivity index (χ4v) is 1.77. The summed E-state index contributed by atoms with van der Waals surface area (Å²) >= 11 is 0. The minimum atomic E-state index is -0.443. The lowest BCUT2D eigenvalue weighted by atomic mass is 10.1. The van der Waals surface area contributed by atoms with E-state index in [1.807, 2.05) is 0 Å². The first-order valence-corrected chi connectivity index (χ1v) is 5.85. The molecule has 1 amide bonds. The number of aryl methyl sites for hydroxylation is 1. The number of hydrogen-bond acceptors (Lipinski definition) is 3. The maximum absolute atomic E-state index is 13.3. The van der Waals surface area contributed by atoms with Crippen LogP contribution in [0.1, 0.15) is 22.8 Å². The van der Waals surface area contributed by atoms with E-state index in [-0.39, 0.29) is 29.8 Å². The third-order valence-corrected chi connectivity index (χ3v) is 2.80. The number of amides is 1. The fraction of sp³-hybridized carbons (Fsp3) is 0.385. The van der Waals surface area contributed by atoms with Crippen molar-refractivity contribution in [3.63, 3.8) is 0 Å². The maximum atomic E-state index is 13.3. The second-order valence-corrected chi connectivity index (χ2v) is 4.63. The van der Waals surface area contributed by atoms with E-state index in [1.54, 1.807) is 27.0 Å². The van der Waals surface area contributed by atoms with Gasteiger partial charge in [-0.15, -0.1) is 0 Å². The summed E-state index contributed by atoms with van der Waals surface area (Å²) in [6.07, 6.45) is 0. The van der Waals surface area contributed by atoms with Crippen LogP contribution in [-0.2, 0) is 0 Å².